The molecule has 0 radical (unpaired) electrons. The normalized spacial score (nSPS) is 13.6. The Balaban J connectivity index is 2.31. The summed E-state index contributed by atoms with van der Waals surface area (Å²) in [5, 5.41) is 3.53. The Morgan fingerprint density at radius 1 is 1.33 bits per heavy atom. The van der Waals surface area contributed by atoms with Crippen LogP contribution < -0.4 is 5.32 Å². The molecule has 0 aromatic heterocycles. The zero-order chi connectivity index (χ0) is 13.6. The van der Waals surface area contributed by atoms with Crippen molar-refractivity contribution in [2.75, 3.05) is 13.7 Å². The third kappa shape index (κ3) is 5.65. The molecule has 2 heteroatoms. The van der Waals surface area contributed by atoms with Crippen molar-refractivity contribution >= 4 is 0 Å². The maximum absolute atomic E-state index is 5.40. The lowest BCUT2D eigenvalue weighted by atomic mass is 10.0. The maximum Gasteiger partial charge on any atom is 0.0746 e. The Morgan fingerprint density at radius 3 is 2.67 bits per heavy atom. The Kier molecular flexibility index (Phi) is 5.83. The van der Waals surface area contributed by atoms with Crippen LogP contribution in [0.15, 0.2) is 24.3 Å². The molecule has 0 saturated carbocycles. The van der Waals surface area contributed by atoms with E-state index in [2.05, 4.69) is 57.3 Å². The lowest BCUT2D eigenvalue weighted by molar-refractivity contribution is 0.0213. The number of nitrogens with one attached hydrogen (secondary N) is 1. The third-order valence-corrected chi connectivity index (χ3v) is 3.38. The van der Waals surface area contributed by atoms with E-state index in [1.807, 2.05) is 0 Å². The molecule has 0 saturated heterocycles. The highest BCUT2D eigenvalue weighted by Gasteiger charge is 2.16. The molecule has 18 heavy (non-hydrogen) atoms. The smallest absolute Gasteiger partial charge is 0.0746 e. The van der Waals surface area contributed by atoms with Crippen LogP contribution in [-0.2, 0) is 11.2 Å². The molecule has 0 aliphatic carbocycles. The molecule has 0 aliphatic rings. The molecule has 2 nitrogen and oxygen atoms in total. The molecule has 1 N–H and O–H groups in total. The van der Waals surface area contributed by atoms with Gasteiger partial charge in [0.05, 0.1) is 5.60 Å². The molecule has 0 amide bonds. The summed E-state index contributed by atoms with van der Waals surface area (Å²) in [7, 11) is 1.76. The first-order valence-corrected chi connectivity index (χ1v) is 6.77. The summed E-state index contributed by atoms with van der Waals surface area (Å²) >= 11 is 0. The third-order valence-electron chi connectivity index (χ3n) is 3.38. The van der Waals surface area contributed by atoms with Crippen LogP contribution in [0, 0.1) is 6.92 Å². The standard InChI is InChI=1S/C16H27NO/c1-13-7-6-8-15(11-13)10-9-14(2)17-12-16(3,4)18-5/h6-8,11,14,17H,9-10,12H2,1-5H3. The largest absolute Gasteiger partial charge is 0.377 e. The van der Waals surface area contributed by atoms with E-state index in [0.717, 1.165) is 19.4 Å². The van der Waals surface area contributed by atoms with E-state index in [0.29, 0.717) is 6.04 Å². The number of hydrogen-bond donors (Lipinski definition) is 1. The quantitative estimate of drug-likeness (QED) is 0.800. The molecule has 1 rings (SSSR count). The molecule has 0 aliphatic heterocycles. The molecular formula is C16H27NO. The number of methoxy groups -OCH3 is 1. The van der Waals surface area contributed by atoms with Gasteiger partial charge in [-0.3, -0.25) is 0 Å². The molecule has 1 aromatic rings. The van der Waals surface area contributed by atoms with Crippen molar-refractivity contribution in [1.82, 2.24) is 5.32 Å². The summed E-state index contributed by atoms with van der Waals surface area (Å²) in [5.74, 6) is 0. The predicted molar refractivity (Wildman–Crippen MR) is 78.1 cm³/mol. The van der Waals surface area contributed by atoms with Crippen LogP contribution >= 0.6 is 0 Å². The second-order valence-electron chi connectivity index (χ2n) is 5.77. The molecule has 1 atom stereocenters. The molecule has 0 fully saturated rings. The van der Waals surface area contributed by atoms with Gasteiger partial charge < -0.3 is 10.1 Å². The second kappa shape index (κ2) is 6.91. The fourth-order valence-electron chi connectivity index (χ4n) is 1.85. The Morgan fingerprint density at radius 2 is 2.06 bits per heavy atom. The topological polar surface area (TPSA) is 21.3 Å². The van der Waals surface area contributed by atoms with E-state index in [4.69, 9.17) is 4.74 Å². The Bertz CT molecular complexity index is 360. The van der Waals surface area contributed by atoms with Gasteiger partial charge in [-0.25, -0.2) is 0 Å². The van der Waals surface area contributed by atoms with Crippen LogP contribution in [0.4, 0.5) is 0 Å². The number of aryl methyl sites for hydroxylation is 2. The van der Waals surface area contributed by atoms with Crippen molar-refractivity contribution in [1.29, 1.82) is 0 Å². The van der Waals surface area contributed by atoms with Gasteiger partial charge in [0, 0.05) is 19.7 Å². The van der Waals surface area contributed by atoms with E-state index in [9.17, 15) is 0 Å². The summed E-state index contributed by atoms with van der Waals surface area (Å²) in [4.78, 5) is 0. The van der Waals surface area contributed by atoms with Crippen molar-refractivity contribution in [3.05, 3.63) is 35.4 Å². The lowest BCUT2D eigenvalue weighted by Gasteiger charge is -2.25. The predicted octanol–water partition coefficient (Wildman–Crippen LogP) is 3.33. The summed E-state index contributed by atoms with van der Waals surface area (Å²) in [6, 6.07) is 9.27. The fraction of sp³-hybridized carbons (Fsp3) is 0.625. The molecule has 0 bridgehead atoms. The van der Waals surface area contributed by atoms with Gasteiger partial charge in [0.25, 0.3) is 0 Å². The minimum Gasteiger partial charge on any atom is -0.377 e. The highest BCUT2D eigenvalue weighted by atomic mass is 16.5. The summed E-state index contributed by atoms with van der Waals surface area (Å²) in [6.07, 6.45) is 2.28. The van der Waals surface area contributed by atoms with Gasteiger partial charge >= 0.3 is 0 Å². The van der Waals surface area contributed by atoms with E-state index in [-0.39, 0.29) is 5.60 Å². The highest BCUT2D eigenvalue weighted by Crippen LogP contribution is 2.09. The maximum atomic E-state index is 5.40. The van der Waals surface area contributed by atoms with Gasteiger partial charge in [0.15, 0.2) is 0 Å². The van der Waals surface area contributed by atoms with Gasteiger partial charge in [-0.05, 0) is 46.1 Å². The van der Waals surface area contributed by atoms with Crippen molar-refractivity contribution in [3.63, 3.8) is 0 Å². The van der Waals surface area contributed by atoms with E-state index in [1.54, 1.807) is 7.11 Å². The molecular weight excluding hydrogens is 222 g/mol. The molecule has 1 unspecified atom stereocenters. The SMILES string of the molecule is COC(C)(C)CNC(C)CCc1cccc(C)c1. The van der Waals surface area contributed by atoms with Gasteiger partial charge in [-0.15, -0.1) is 0 Å². The Hall–Kier alpha value is -0.860. The molecule has 102 valence electrons. The first kappa shape index (κ1) is 15.2. The minimum atomic E-state index is -0.0857. The zero-order valence-electron chi connectivity index (χ0n) is 12.4. The van der Waals surface area contributed by atoms with Gasteiger partial charge in [-0.2, -0.15) is 0 Å². The van der Waals surface area contributed by atoms with E-state index >= 15 is 0 Å². The fourth-order valence-corrected chi connectivity index (χ4v) is 1.85. The van der Waals surface area contributed by atoms with Crippen molar-refractivity contribution in [3.8, 4) is 0 Å². The van der Waals surface area contributed by atoms with Crippen LogP contribution in [-0.4, -0.2) is 25.3 Å². The van der Waals surface area contributed by atoms with Crippen LogP contribution in [0.1, 0.15) is 38.3 Å². The first-order chi connectivity index (χ1) is 8.43. The van der Waals surface area contributed by atoms with Crippen LogP contribution in [0.3, 0.4) is 0 Å². The van der Waals surface area contributed by atoms with Gasteiger partial charge in [0.1, 0.15) is 0 Å². The zero-order valence-corrected chi connectivity index (χ0v) is 12.4. The summed E-state index contributed by atoms with van der Waals surface area (Å²) in [5.41, 5.74) is 2.68. The first-order valence-electron chi connectivity index (χ1n) is 6.77. The van der Waals surface area contributed by atoms with E-state index < -0.39 is 0 Å². The molecule has 0 spiro atoms. The van der Waals surface area contributed by atoms with Crippen LogP contribution in [0.2, 0.25) is 0 Å². The number of ether oxygens (including phenoxy) is 1. The average Bonchev–Trinajstić information content (AvgIpc) is 2.34. The van der Waals surface area contributed by atoms with Gasteiger partial charge in [0.2, 0.25) is 0 Å². The summed E-state index contributed by atoms with van der Waals surface area (Å²) in [6.45, 7) is 9.48. The highest BCUT2D eigenvalue weighted by molar-refractivity contribution is 5.22. The van der Waals surface area contributed by atoms with Gasteiger partial charge in [-0.1, -0.05) is 29.8 Å². The average molecular weight is 249 g/mol. The monoisotopic (exact) mass is 249 g/mol. The molecule has 1 aromatic carbocycles. The van der Waals surface area contributed by atoms with Crippen LogP contribution in [0.5, 0.6) is 0 Å². The van der Waals surface area contributed by atoms with Crippen LogP contribution in [0.25, 0.3) is 0 Å². The minimum absolute atomic E-state index is 0.0857. The Labute approximate surface area is 112 Å². The number of hydrogen-bond acceptors (Lipinski definition) is 2. The second-order valence-corrected chi connectivity index (χ2v) is 5.77. The van der Waals surface area contributed by atoms with Crippen molar-refractivity contribution in [2.45, 2.75) is 52.2 Å². The molecule has 0 heterocycles. The summed E-state index contributed by atoms with van der Waals surface area (Å²) < 4.78 is 5.40. The lowest BCUT2D eigenvalue weighted by Crippen LogP contribution is -2.40. The van der Waals surface area contributed by atoms with Crippen molar-refractivity contribution < 1.29 is 4.74 Å². The number of benzene rings is 1. The number of rotatable bonds is 7. The van der Waals surface area contributed by atoms with Crippen molar-refractivity contribution in [2.24, 2.45) is 0 Å². The van der Waals surface area contributed by atoms with E-state index in [1.165, 1.54) is 11.1 Å².